The number of nitrogens with one attached hydrogen (secondary N) is 2. The minimum absolute atomic E-state index is 0.0819. The maximum atomic E-state index is 11.7. The Labute approximate surface area is 137 Å². The number of amides is 1. The third kappa shape index (κ3) is 6.90. The number of benzene rings is 1. The Morgan fingerprint density at radius 2 is 1.87 bits per heavy atom. The Morgan fingerprint density at radius 1 is 1.22 bits per heavy atom. The van der Waals surface area contributed by atoms with Crippen molar-refractivity contribution < 1.29 is 14.3 Å². The zero-order valence-corrected chi connectivity index (χ0v) is 14.4. The lowest BCUT2D eigenvalue weighted by Gasteiger charge is -2.20. The summed E-state index contributed by atoms with van der Waals surface area (Å²) in [5.74, 6) is 1.37. The van der Waals surface area contributed by atoms with Gasteiger partial charge in [0, 0.05) is 5.54 Å². The minimum atomic E-state index is -0.273. The van der Waals surface area contributed by atoms with Crippen LogP contribution in [0.1, 0.15) is 26.3 Å². The van der Waals surface area contributed by atoms with Crippen LogP contribution in [0.3, 0.4) is 0 Å². The van der Waals surface area contributed by atoms with Gasteiger partial charge in [0.15, 0.2) is 17.5 Å². The van der Waals surface area contributed by atoms with Crippen LogP contribution in [-0.2, 0) is 11.3 Å². The highest BCUT2D eigenvalue weighted by Gasteiger charge is 2.13. The first-order chi connectivity index (χ1) is 10.7. The summed E-state index contributed by atoms with van der Waals surface area (Å²) in [6.07, 6.45) is 0. The average molecular weight is 322 g/mol. The number of nitrogens with zero attached hydrogens (tertiary/aromatic N) is 1. The van der Waals surface area contributed by atoms with Crippen LogP contribution in [0.5, 0.6) is 11.5 Å². The summed E-state index contributed by atoms with van der Waals surface area (Å²) in [4.78, 5) is 15.9. The molecule has 0 aliphatic carbocycles. The van der Waals surface area contributed by atoms with Gasteiger partial charge in [-0.1, -0.05) is 6.07 Å². The van der Waals surface area contributed by atoms with Crippen molar-refractivity contribution in [2.45, 2.75) is 32.9 Å². The van der Waals surface area contributed by atoms with E-state index >= 15 is 0 Å². The number of rotatable bonds is 6. The molecule has 1 aromatic carbocycles. The van der Waals surface area contributed by atoms with Crippen molar-refractivity contribution in [1.29, 1.82) is 0 Å². The van der Waals surface area contributed by atoms with Crippen molar-refractivity contribution in [2.75, 3.05) is 20.8 Å². The fourth-order valence-corrected chi connectivity index (χ4v) is 1.84. The highest BCUT2D eigenvalue weighted by atomic mass is 16.5. The highest BCUT2D eigenvalue weighted by molar-refractivity contribution is 5.85. The molecular formula is C16H26N4O3. The fraction of sp³-hybridized carbons (Fsp3) is 0.500. The van der Waals surface area contributed by atoms with Gasteiger partial charge >= 0.3 is 0 Å². The van der Waals surface area contributed by atoms with Gasteiger partial charge in [-0.3, -0.25) is 4.79 Å². The fourth-order valence-electron chi connectivity index (χ4n) is 1.84. The van der Waals surface area contributed by atoms with Gasteiger partial charge < -0.3 is 25.8 Å². The zero-order chi connectivity index (χ0) is 17.5. The van der Waals surface area contributed by atoms with E-state index in [2.05, 4.69) is 15.6 Å². The van der Waals surface area contributed by atoms with Gasteiger partial charge in [0.1, 0.15) is 0 Å². The van der Waals surface area contributed by atoms with Crippen LogP contribution in [0.4, 0.5) is 0 Å². The topological polar surface area (TPSA) is 98.0 Å². The summed E-state index contributed by atoms with van der Waals surface area (Å²) in [7, 11) is 3.16. The van der Waals surface area contributed by atoms with E-state index < -0.39 is 0 Å². The minimum Gasteiger partial charge on any atom is -0.493 e. The molecule has 1 rings (SSSR count). The number of carbonyl (C=O) groups excluding carboxylic acids is 1. The molecule has 1 aromatic rings. The van der Waals surface area contributed by atoms with Gasteiger partial charge in [-0.2, -0.15) is 0 Å². The Balaban J connectivity index is 2.55. The Bertz CT molecular complexity index is 565. The molecule has 0 heterocycles. The highest BCUT2D eigenvalue weighted by Crippen LogP contribution is 2.27. The molecule has 1 amide bonds. The van der Waals surface area contributed by atoms with Crippen LogP contribution < -0.4 is 25.8 Å². The Kier molecular flexibility index (Phi) is 6.68. The largest absolute Gasteiger partial charge is 0.493 e. The van der Waals surface area contributed by atoms with E-state index in [9.17, 15) is 4.79 Å². The zero-order valence-electron chi connectivity index (χ0n) is 14.4. The van der Waals surface area contributed by atoms with Crippen LogP contribution in [-0.4, -0.2) is 38.2 Å². The molecule has 0 radical (unpaired) electrons. The monoisotopic (exact) mass is 322 g/mol. The Hall–Kier alpha value is -2.44. The summed E-state index contributed by atoms with van der Waals surface area (Å²) < 4.78 is 10.4. The molecule has 7 heteroatoms. The Morgan fingerprint density at radius 3 is 2.43 bits per heavy atom. The predicted octanol–water partition coefficient (Wildman–Crippen LogP) is 1.02. The van der Waals surface area contributed by atoms with Gasteiger partial charge in [-0.05, 0) is 38.5 Å². The van der Waals surface area contributed by atoms with Crippen molar-refractivity contribution in [3.63, 3.8) is 0 Å². The molecule has 0 aliphatic heterocycles. The molecule has 128 valence electrons. The van der Waals surface area contributed by atoms with Gasteiger partial charge in [-0.15, -0.1) is 0 Å². The van der Waals surface area contributed by atoms with Gasteiger partial charge in [-0.25, -0.2) is 4.99 Å². The maximum Gasteiger partial charge on any atom is 0.239 e. The molecule has 0 bridgehead atoms. The molecule has 23 heavy (non-hydrogen) atoms. The molecule has 0 spiro atoms. The molecular weight excluding hydrogens is 296 g/mol. The third-order valence-electron chi connectivity index (χ3n) is 2.82. The van der Waals surface area contributed by atoms with E-state index in [0.717, 1.165) is 5.56 Å². The van der Waals surface area contributed by atoms with Crippen molar-refractivity contribution in [3.05, 3.63) is 23.8 Å². The number of aliphatic imine (C=N–C) groups is 1. The number of guanidine groups is 1. The van der Waals surface area contributed by atoms with Gasteiger partial charge in [0.25, 0.3) is 0 Å². The summed E-state index contributed by atoms with van der Waals surface area (Å²) in [5.41, 5.74) is 6.41. The molecule has 4 N–H and O–H groups in total. The number of hydrogen-bond donors (Lipinski definition) is 3. The van der Waals surface area contributed by atoms with Crippen molar-refractivity contribution >= 4 is 11.9 Å². The number of carbonyl (C=O) groups is 1. The summed E-state index contributed by atoms with van der Waals surface area (Å²) in [6, 6.07) is 5.52. The van der Waals surface area contributed by atoms with E-state index in [1.165, 1.54) is 0 Å². The molecule has 0 atom stereocenters. The van der Waals surface area contributed by atoms with E-state index in [-0.39, 0.29) is 24.0 Å². The lowest BCUT2D eigenvalue weighted by atomic mass is 10.1. The first-order valence-electron chi connectivity index (χ1n) is 7.31. The summed E-state index contributed by atoms with van der Waals surface area (Å²) in [5, 5.41) is 5.62. The quantitative estimate of drug-likeness (QED) is 0.537. The molecule has 0 saturated heterocycles. The predicted molar refractivity (Wildman–Crippen MR) is 90.8 cm³/mol. The summed E-state index contributed by atoms with van der Waals surface area (Å²) in [6.45, 7) is 6.21. The second-order valence-electron chi connectivity index (χ2n) is 6.04. The standard InChI is InChI=1S/C16H26N4O3/c1-16(2,3)20-14(21)10-19-15(17)18-9-11-6-7-12(22-4)13(8-11)23-5/h6-8H,9-10H2,1-5H3,(H,20,21)(H3,17,18,19). The summed E-state index contributed by atoms with van der Waals surface area (Å²) >= 11 is 0. The number of ether oxygens (including phenoxy) is 2. The number of hydrogen-bond acceptors (Lipinski definition) is 4. The number of methoxy groups -OCH3 is 2. The third-order valence-corrected chi connectivity index (χ3v) is 2.82. The first kappa shape index (κ1) is 18.6. The molecule has 7 nitrogen and oxygen atoms in total. The number of nitrogens with two attached hydrogens (primary N) is 1. The normalized spacial score (nSPS) is 11.8. The van der Waals surface area contributed by atoms with E-state index in [1.807, 2.05) is 39.0 Å². The van der Waals surface area contributed by atoms with Gasteiger partial charge in [0.2, 0.25) is 5.91 Å². The molecule has 0 saturated carbocycles. The van der Waals surface area contributed by atoms with Crippen molar-refractivity contribution in [1.82, 2.24) is 10.6 Å². The van der Waals surface area contributed by atoms with Gasteiger partial charge in [0.05, 0.1) is 27.3 Å². The average Bonchev–Trinajstić information content (AvgIpc) is 2.48. The lowest BCUT2D eigenvalue weighted by Crippen LogP contribution is -2.47. The maximum absolute atomic E-state index is 11.7. The van der Waals surface area contributed by atoms with Crippen LogP contribution >= 0.6 is 0 Å². The molecule has 0 aliphatic rings. The molecule has 0 unspecified atom stereocenters. The van der Waals surface area contributed by atoms with Crippen molar-refractivity contribution in [3.8, 4) is 11.5 Å². The first-order valence-corrected chi connectivity index (χ1v) is 7.31. The second kappa shape index (κ2) is 8.26. The SMILES string of the molecule is COc1ccc(CN=C(N)NCC(=O)NC(C)(C)C)cc1OC. The van der Waals surface area contributed by atoms with Crippen LogP contribution in [0.25, 0.3) is 0 Å². The van der Waals surface area contributed by atoms with E-state index in [4.69, 9.17) is 15.2 Å². The van der Waals surface area contributed by atoms with Crippen LogP contribution in [0.15, 0.2) is 23.2 Å². The molecule has 0 aromatic heterocycles. The van der Waals surface area contributed by atoms with Crippen LogP contribution in [0, 0.1) is 0 Å². The molecule has 0 fully saturated rings. The van der Waals surface area contributed by atoms with E-state index in [0.29, 0.717) is 18.0 Å². The van der Waals surface area contributed by atoms with E-state index in [1.54, 1.807) is 14.2 Å². The van der Waals surface area contributed by atoms with Crippen LogP contribution in [0.2, 0.25) is 0 Å². The second-order valence-corrected chi connectivity index (χ2v) is 6.04. The smallest absolute Gasteiger partial charge is 0.239 e. The lowest BCUT2D eigenvalue weighted by molar-refractivity contribution is -0.121. The van der Waals surface area contributed by atoms with Crippen molar-refractivity contribution in [2.24, 2.45) is 10.7 Å².